The fraction of sp³-hybridized carbons (Fsp3) is 0.458. The van der Waals surface area contributed by atoms with Crippen molar-refractivity contribution in [1.29, 1.82) is 0 Å². The molecule has 2 bridgehead atoms. The van der Waals surface area contributed by atoms with Gasteiger partial charge in [0.2, 0.25) is 0 Å². The summed E-state index contributed by atoms with van der Waals surface area (Å²) in [5, 5.41) is 0. The summed E-state index contributed by atoms with van der Waals surface area (Å²) < 4.78 is 13.3. The van der Waals surface area contributed by atoms with E-state index in [1.165, 1.54) is 37.0 Å². The Bertz CT molecular complexity index is 789. The minimum absolute atomic E-state index is 0.150. The monoisotopic (exact) mass is 365 g/mol. The minimum atomic E-state index is -0.229. The molecule has 2 nitrogen and oxygen atoms in total. The summed E-state index contributed by atoms with van der Waals surface area (Å²) >= 11 is 0. The van der Waals surface area contributed by atoms with E-state index in [0.717, 1.165) is 30.5 Å². The maximum atomic E-state index is 13.3. The van der Waals surface area contributed by atoms with Gasteiger partial charge < -0.3 is 0 Å². The number of nitrogens with zero attached hydrogens (tertiary/aromatic N) is 1. The zero-order valence-electron chi connectivity index (χ0n) is 16.0. The van der Waals surface area contributed by atoms with E-state index in [1.807, 2.05) is 6.92 Å². The van der Waals surface area contributed by atoms with Crippen LogP contribution in [0.15, 0.2) is 48.5 Å². The zero-order chi connectivity index (χ0) is 18.8. The number of benzene rings is 2. The van der Waals surface area contributed by atoms with Gasteiger partial charge in [-0.05, 0) is 61.4 Å². The van der Waals surface area contributed by atoms with Crippen molar-refractivity contribution in [2.24, 2.45) is 5.92 Å². The van der Waals surface area contributed by atoms with Crippen LogP contribution in [0.4, 0.5) is 4.39 Å². The van der Waals surface area contributed by atoms with Crippen molar-refractivity contribution >= 4 is 5.78 Å². The lowest BCUT2D eigenvalue weighted by Gasteiger charge is -2.48. The van der Waals surface area contributed by atoms with E-state index in [2.05, 4.69) is 35.2 Å². The number of aryl methyl sites for hydroxylation is 1. The smallest absolute Gasteiger partial charge is 0.140 e. The Morgan fingerprint density at radius 2 is 1.78 bits per heavy atom. The molecule has 2 atom stereocenters. The molecular weight excluding hydrogens is 337 g/mol. The maximum absolute atomic E-state index is 13.3. The van der Waals surface area contributed by atoms with Gasteiger partial charge in [-0.2, -0.15) is 0 Å². The van der Waals surface area contributed by atoms with Crippen LogP contribution < -0.4 is 0 Å². The highest BCUT2D eigenvalue weighted by Crippen LogP contribution is 2.38. The quantitative estimate of drug-likeness (QED) is 0.736. The Hall–Kier alpha value is -2.00. The van der Waals surface area contributed by atoms with Crippen LogP contribution in [0, 0.1) is 18.7 Å². The van der Waals surface area contributed by atoms with Gasteiger partial charge in [-0.1, -0.05) is 42.8 Å². The normalized spacial score (nSPS) is 25.3. The van der Waals surface area contributed by atoms with E-state index >= 15 is 0 Å². The summed E-state index contributed by atoms with van der Waals surface area (Å²) in [6, 6.07) is 16.5. The zero-order valence-corrected chi connectivity index (χ0v) is 16.0. The number of fused-ring (bicyclic) bond motifs is 2. The summed E-state index contributed by atoms with van der Waals surface area (Å²) in [7, 11) is 0. The van der Waals surface area contributed by atoms with Crippen LogP contribution in [0.5, 0.6) is 0 Å². The Balaban J connectivity index is 1.44. The SMILES string of the molecule is Cc1cc(F)ccc1CC(=O)C1CC2CCCC(C1)N2Cc1ccccc1. The third-order valence-electron chi connectivity index (χ3n) is 6.46. The molecule has 2 aromatic rings. The van der Waals surface area contributed by atoms with E-state index in [4.69, 9.17) is 0 Å². The predicted octanol–water partition coefficient (Wildman–Crippen LogP) is 5.08. The van der Waals surface area contributed by atoms with Crippen molar-refractivity contribution in [2.45, 2.75) is 64.1 Å². The number of halogens is 1. The summed E-state index contributed by atoms with van der Waals surface area (Å²) in [5.74, 6) is 0.255. The average molecular weight is 365 g/mol. The van der Waals surface area contributed by atoms with Gasteiger partial charge in [-0.25, -0.2) is 4.39 Å². The number of hydrogen-bond acceptors (Lipinski definition) is 2. The van der Waals surface area contributed by atoms with E-state index in [0.29, 0.717) is 24.3 Å². The Kier molecular flexibility index (Phi) is 5.40. The molecule has 0 N–H and O–H groups in total. The Morgan fingerprint density at radius 1 is 1.07 bits per heavy atom. The van der Waals surface area contributed by atoms with Gasteiger partial charge in [0, 0.05) is 31.0 Å². The van der Waals surface area contributed by atoms with E-state index in [9.17, 15) is 9.18 Å². The van der Waals surface area contributed by atoms with Gasteiger partial charge in [-0.15, -0.1) is 0 Å². The molecule has 4 rings (SSSR count). The molecule has 2 aliphatic rings. The van der Waals surface area contributed by atoms with Crippen molar-refractivity contribution in [3.05, 3.63) is 71.0 Å². The lowest BCUT2D eigenvalue weighted by Crippen LogP contribution is -2.52. The lowest BCUT2D eigenvalue weighted by atomic mass is 9.75. The molecule has 27 heavy (non-hydrogen) atoms. The molecule has 0 aromatic heterocycles. The summed E-state index contributed by atoms with van der Waals surface area (Å²) in [6.45, 7) is 2.89. The predicted molar refractivity (Wildman–Crippen MR) is 106 cm³/mol. The Morgan fingerprint density at radius 3 is 2.44 bits per heavy atom. The first-order valence-electron chi connectivity index (χ1n) is 10.2. The highest BCUT2D eigenvalue weighted by molar-refractivity contribution is 5.83. The highest BCUT2D eigenvalue weighted by atomic mass is 19.1. The van der Waals surface area contributed by atoms with Crippen LogP contribution in [0.3, 0.4) is 0 Å². The summed E-state index contributed by atoms with van der Waals surface area (Å²) in [6.07, 6.45) is 6.06. The molecule has 142 valence electrons. The Labute approximate surface area is 161 Å². The standard InChI is InChI=1S/C24H28FNO/c1-17-12-21(25)11-10-19(17)15-24(27)20-13-22-8-5-9-23(14-20)26(22)16-18-6-3-2-4-7-18/h2-4,6-7,10-12,20,22-23H,5,8-9,13-16H2,1H3. The lowest BCUT2D eigenvalue weighted by molar-refractivity contribution is -0.126. The molecule has 2 fully saturated rings. The molecule has 0 radical (unpaired) electrons. The maximum Gasteiger partial charge on any atom is 0.140 e. The second kappa shape index (κ2) is 7.93. The number of piperidine rings is 2. The van der Waals surface area contributed by atoms with Crippen LogP contribution in [0.25, 0.3) is 0 Å². The topological polar surface area (TPSA) is 20.3 Å². The molecule has 2 heterocycles. The number of hydrogen-bond donors (Lipinski definition) is 0. The molecule has 0 amide bonds. The van der Waals surface area contributed by atoms with Crippen LogP contribution in [0.1, 0.15) is 48.8 Å². The fourth-order valence-electron chi connectivity index (χ4n) is 4.98. The molecule has 3 heteroatoms. The first kappa shape index (κ1) is 18.4. The molecule has 0 spiro atoms. The molecule has 2 unspecified atom stereocenters. The first-order valence-corrected chi connectivity index (χ1v) is 10.2. The van der Waals surface area contributed by atoms with Crippen molar-refractivity contribution in [1.82, 2.24) is 4.90 Å². The van der Waals surface area contributed by atoms with Crippen LogP contribution in [-0.2, 0) is 17.8 Å². The third-order valence-corrected chi connectivity index (χ3v) is 6.46. The molecular formula is C24H28FNO. The molecule has 2 saturated heterocycles. The van der Waals surface area contributed by atoms with Gasteiger partial charge in [-0.3, -0.25) is 9.69 Å². The second-order valence-electron chi connectivity index (χ2n) is 8.28. The minimum Gasteiger partial charge on any atom is -0.299 e. The summed E-state index contributed by atoms with van der Waals surface area (Å²) in [5.41, 5.74) is 3.21. The molecule has 2 aromatic carbocycles. The fourth-order valence-corrected chi connectivity index (χ4v) is 4.98. The highest BCUT2D eigenvalue weighted by Gasteiger charge is 2.40. The molecule has 0 aliphatic carbocycles. The van der Waals surface area contributed by atoms with E-state index < -0.39 is 0 Å². The van der Waals surface area contributed by atoms with Gasteiger partial charge in [0.1, 0.15) is 11.6 Å². The van der Waals surface area contributed by atoms with E-state index in [-0.39, 0.29) is 11.7 Å². The van der Waals surface area contributed by atoms with Crippen LogP contribution in [-0.4, -0.2) is 22.8 Å². The molecule has 2 aliphatic heterocycles. The van der Waals surface area contributed by atoms with E-state index in [1.54, 1.807) is 6.07 Å². The number of carbonyl (C=O) groups excluding carboxylic acids is 1. The van der Waals surface area contributed by atoms with Crippen molar-refractivity contribution in [3.63, 3.8) is 0 Å². The average Bonchev–Trinajstić information content (AvgIpc) is 2.64. The van der Waals surface area contributed by atoms with Crippen molar-refractivity contribution in [2.75, 3.05) is 0 Å². The molecule has 0 saturated carbocycles. The van der Waals surface area contributed by atoms with Gasteiger partial charge >= 0.3 is 0 Å². The number of Topliss-reactive ketones (excluding diaryl/α,β-unsaturated/α-hetero) is 1. The number of carbonyl (C=O) groups is 1. The first-order chi connectivity index (χ1) is 13.1. The van der Waals surface area contributed by atoms with Crippen LogP contribution >= 0.6 is 0 Å². The second-order valence-corrected chi connectivity index (χ2v) is 8.28. The van der Waals surface area contributed by atoms with Gasteiger partial charge in [0.15, 0.2) is 0 Å². The van der Waals surface area contributed by atoms with Gasteiger partial charge in [0.05, 0.1) is 0 Å². The summed E-state index contributed by atoms with van der Waals surface area (Å²) in [4.78, 5) is 15.6. The third kappa shape index (κ3) is 4.14. The number of ketones is 1. The largest absolute Gasteiger partial charge is 0.299 e. The van der Waals surface area contributed by atoms with Crippen molar-refractivity contribution < 1.29 is 9.18 Å². The van der Waals surface area contributed by atoms with Crippen LogP contribution in [0.2, 0.25) is 0 Å². The number of rotatable bonds is 5. The van der Waals surface area contributed by atoms with Gasteiger partial charge in [0.25, 0.3) is 0 Å². The van der Waals surface area contributed by atoms with Crippen molar-refractivity contribution in [3.8, 4) is 0 Å².